The largest absolute Gasteiger partial charge is 0.380 e. The fourth-order valence-electron chi connectivity index (χ4n) is 1.93. The molecule has 2 atom stereocenters. The van der Waals surface area contributed by atoms with Crippen LogP contribution in [-0.2, 0) is 4.74 Å². The second-order valence-corrected chi connectivity index (χ2v) is 3.28. The molecule has 0 spiro atoms. The molecule has 1 unspecified atom stereocenters. The lowest BCUT2D eigenvalue weighted by molar-refractivity contribution is 0.0459. The second-order valence-electron chi connectivity index (χ2n) is 3.28. The summed E-state index contributed by atoms with van der Waals surface area (Å²) >= 11 is 0. The van der Waals surface area contributed by atoms with Crippen LogP contribution in [0.4, 0.5) is 0 Å². The standard InChI is InChI=1S/C9H19NO.CH4/c1-4-10-7-5-6-9(10)8(2)11-3;/h8-9H,4-7H2,1-3H3;1H4/t8-,9?;/m0./s1. The molecule has 1 heterocycles. The van der Waals surface area contributed by atoms with Crippen LogP contribution in [0.5, 0.6) is 0 Å². The molecule has 2 heteroatoms. The van der Waals surface area contributed by atoms with Gasteiger partial charge in [-0.25, -0.2) is 0 Å². The zero-order chi connectivity index (χ0) is 8.27. The van der Waals surface area contributed by atoms with Crippen LogP contribution in [-0.4, -0.2) is 37.2 Å². The summed E-state index contributed by atoms with van der Waals surface area (Å²) in [7, 11) is 1.80. The van der Waals surface area contributed by atoms with E-state index in [0.29, 0.717) is 12.1 Å². The lowest BCUT2D eigenvalue weighted by Crippen LogP contribution is -2.38. The van der Waals surface area contributed by atoms with Gasteiger partial charge in [-0.15, -0.1) is 0 Å². The molecule has 1 aliphatic rings. The van der Waals surface area contributed by atoms with Crippen molar-refractivity contribution in [2.45, 2.75) is 46.3 Å². The number of ether oxygens (including phenoxy) is 1. The fraction of sp³-hybridized carbons (Fsp3) is 1.00. The number of likely N-dealkylation sites (N-methyl/N-ethyl adjacent to an activating group) is 1. The van der Waals surface area contributed by atoms with E-state index in [1.54, 1.807) is 7.11 Å². The molecular weight excluding hydrogens is 150 g/mol. The summed E-state index contributed by atoms with van der Waals surface area (Å²) in [6.07, 6.45) is 3.05. The molecule has 1 aliphatic heterocycles. The summed E-state index contributed by atoms with van der Waals surface area (Å²) in [5, 5.41) is 0. The first-order chi connectivity index (χ1) is 5.29. The van der Waals surface area contributed by atoms with Gasteiger partial charge in [0, 0.05) is 13.2 Å². The molecular formula is C10H23NO. The van der Waals surface area contributed by atoms with E-state index >= 15 is 0 Å². The summed E-state index contributed by atoms with van der Waals surface area (Å²) in [5.74, 6) is 0. The predicted octanol–water partition coefficient (Wildman–Crippen LogP) is 2.14. The molecule has 1 rings (SSSR count). The summed E-state index contributed by atoms with van der Waals surface area (Å²) in [5.41, 5.74) is 0. The summed E-state index contributed by atoms with van der Waals surface area (Å²) < 4.78 is 5.32. The van der Waals surface area contributed by atoms with Crippen molar-refractivity contribution in [1.82, 2.24) is 4.90 Å². The minimum absolute atomic E-state index is 0. The van der Waals surface area contributed by atoms with Crippen molar-refractivity contribution in [3.05, 3.63) is 0 Å². The molecule has 12 heavy (non-hydrogen) atoms. The monoisotopic (exact) mass is 173 g/mol. The number of likely N-dealkylation sites (tertiary alicyclic amines) is 1. The van der Waals surface area contributed by atoms with Crippen LogP contribution in [0.25, 0.3) is 0 Å². The average Bonchev–Trinajstić information content (AvgIpc) is 2.50. The molecule has 74 valence electrons. The van der Waals surface area contributed by atoms with Gasteiger partial charge in [0.25, 0.3) is 0 Å². The zero-order valence-electron chi connectivity index (χ0n) is 7.84. The van der Waals surface area contributed by atoms with Crippen molar-refractivity contribution in [2.24, 2.45) is 0 Å². The lowest BCUT2D eigenvalue weighted by atomic mass is 10.1. The van der Waals surface area contributed by atoms with Crippen molar-refractivity contribution in [1.29, 1.82) is 0 Å². The minimum Gasteiger partial charge on any atom is -0.380 e. The number of rotatable bonds is 3. The molecule has 0 aliphatic carbocycles. The maximum absolute atomic E-state index is 5.32. The Bertz CT molecular complexity index is 116. The molecule has 0 aromatic heterocycles. The highest BCUT2D eigenvalue weighted by molar-refractivity contribution is 4.82. The Balaban J connectivity index is 0.00000121. The lowest BCUT2D eigenvalue weighted by Gasteiger charge is -2.27. The number of hydrogen-bond acceptors (Lipinski definition) is 2. The third kappa shape index (κ3) is 2.46. The van der Waals surface area contributed by atoms with Gasteiger partial charge in [0.15, 0.2) is 0 Å². The predicted molar refractivity (Wildman–Crippen MR) is 53.5 cm³/mol. The Labute approximate surface area is 76.9 Å². The van der Waals surface area contributed by atoms with E-state index in [0.717, 1.165) is 0 Å². The Morgan fingerprint density at radius 2 is 2.25 bits per heavy atom. The van der Waals surface area contributed by atoms with Gasteiger partial charge in [-0.3, -0.25) is 4.90 Å². The quantitative estimate of drug-likeness (QED) is 0.648. The van der Waals surface area contributed by atoms with Gasteiger partial charge in [-0.05, 0) is 32.9 Å². The highest BCUT2D eigenvalue weighted by Gasteiger charge is 2.27. The summed E-state index contributed by atoms with van der Waals surface area (Å²) in [6, 6.07) is 0.671. The summed E-state index contributed by atoms with van der Waals surface area (Å²) in [6.45, 7) is 6.81. The van der Waals surface area contributed by atoms with Crippen LogP contribution in [0.2, 0.25) is 0 Å². The first-order valence-electron chi connectivity index (χ1n) is 4.56. The molecule has 0 radical (unpaired) electrons. The van der Waals surface area contributed by atoms with Crippen molar-refractivity contribution in [3.8, 4) is 0 Å². The third-order valence-corrected chi connectivity index (χ3v) is 2.73. The van der Waals surface area contributed by atoms with Crippen molar-refractivity contribution < 1.29 is 4.74 Å². The molecule has 1 fully saturated rings. The van der Waals surface area contributed by atoms with E-state index in [9.17, 15) is 0 Å². The Hall–Kier alpha value is -0.0800. The van der Waals surface area contributed by atoms with Crippen LogP contribution < -0.4 is 0 Å². The Kier molecular flexibility index (Phi) is 5.51. The maximum atomic E-state index is 5.32. The number of nitrogens with zero attached hydrogens (tertiary/aromatic N) is 1. The SMILES string of the molecule is C.CCN1CCCC1[C@H](C)OC. The topological polar surface area (TPSA) is 12.5 Å². The van der Waals surface area contributed by atoms with E-state index in [1.807, 2.05) is 0 Å². The molecule has 2 nitrogen and oxygen atoms in total. The molecule has 1 saturated heterocycles. The van der Waals surface area contributed by atoms with Gasteiger partial charge in [0.05, 0.1) is 6.10 Å². The van der Waals surface area contributed by atoms with Gasteiger partial charge < -0.3 is 4.74 Å². The number of methoxy groups -OCH3 is 1. The van der Waals surface area contributed by atoms with Crippen molar-refractivity contribution in [3.63, 3.8) is 0 Å². The molecule has 0 saturated carbocycles. The van der Waals surface area contributed by atoms with E-state index in [-0.39, 0.29) is 7.43 Å². The molecule has 0 amide bonds. The van der Waals surface area contributed by atoms with Crippen LogP contribution in [0.1, 0.15) is 34.1 Å². The van der Waals surface area contributed by atoms with Gasteiger partial charge in [0.1, 0.15) is 0 Å². The third-order valence-electron chi connectivity index (χ3n) is 2.73. The molecule has 0 bridgehead atoms. The smallest absolute Gasteiger partial charge is 0.0698 e. The second kappa shape index (κ2) is 5.55. The minimum atomic E-state index is 0. The van der Waals surface area contributed by atoms with Crippen LogP contribution in [0, 0.1) is 0 Å². The maximum Gasteiger partial charge on any atom is 0.0698 e. The normalized spacial score (nSPS) is 26.8. The average molecular weight is 173 g/mol. The van der Waals surface area contributed by atoms with Crippen LogP contribution in [0.15, 0.2) is 0 Å². The van der Waals surface area contributed by atoms with Gasteiger partial charge in [-0.1, -0.05) is 14.4 Å². The van der Waals surface area contributed by atoms with Crippen LogP contribution >= 0.6 is 0 Å². The van der Waals surface area contributed by atoms with E-state index in [1.165, 1.54) is 25.9 Å². The van der Waals surface area contributed by atoms with Gasteiger partial charge >= 0.3 is 0 Å². The zero-order valence-corrected chi connectivity index (χ0v) is 7.84. The Morgan fingerprint density at radius 3 is 2.75 bits per heavy atom. The van der Waals surface area contributed by atoms with Gasteiger partial charge in [-0.2, -0.15) is 0 Å². The highest BCUT2D eigenvalue weighted by atomic mass is 16.5. The van der Waals surface area contributed by atoms with Crippen LogP contribution in [0.3, 0.4) is 0 Å². The van der Waals surface area contributed by atoms with Crippen molar-refractivity contribution in [2.75, 3.05) is 20.2 Å². The highest BCUT2D eigenvalue weighted by Crippen LogP contribution is 2.20. The van der Waals surface area contributed by atoms with Gasteiger partial charge in [0.2, 0.25) is 0 Å². The fourth-order valence-corrected chi connectivity index (χ4v) is 1.93. The number of hydrogen-bond donors (Lipinski definition) is 0. The van der Waals surface area contributed by atoms with E-state index < -0.39 is 0 Å². The molecule has 0 aromatic carbocycles. The van der Waals surface area contributed by atoms with Crippen molar-refractivity contribution >= 4 is 0 Å². The van der Waals surface area contributed by atoms with E-state index in [4.69, 9.17) is 4.74 Å². The van der Waals surface area contributed by atoms with E-state index in [2.05, 4.69) is 18.7 Å². The first-order valence-corrected chi connectivity index (χ1v) is 4.56. The first kappa shape index (κ1) is 11.9. The molecule has 0 N–H and O–H groups in total. The summed E-state index contributed by atoms with van der Waals surface area (Å²) in [4.78, 5) is 2.51. The molecule has 0 aromatic rings. The Morgan fingerprint density at radius 1 is 1.58 bits per heavy atom.